The number of nitrogens with zero attached hydrogens (tertiary/aromatic N) is 2. The van der Waals surface area contributed by atoms with Gasteiger partial charge in [-0.1, -0.05) is 6.07 Å². The van der Waals surface area contributed by atoms with Crippen LogP contribution in [-0.4, -0.2) is 67.3 Å². The van der Waals surface area contributed by atoms with E-state index < -0.39 is 0 Å². The predicted octanol–water partition coefficient (Wildman–Crippen LogP) is 1.64. The summed E-state index contributed by atoms with van der Waals surface area (Å²) in [5.41, 5.74) is 2.67. The lowest BCUT2D eigenvalue weighted by atomic mass is 9.80. The highest BCUT2D eigenvalue weighted by Crippen LogP contribution is 2.36. The zero-order valence-corrected chi connectivity index (χ0v) is 14.5. The van der Waals surface area contributed by atoms with Crippen molar-refractivity contribution >= 4 is 5.91 Å². The van der Waals surface area contributed by atoms with Crippen molar-refractivity contribution in [3.05, 3.63) is 29.3 Å². The van der Waals surface area contributed by atoms with E-state index in [2.05, 4.69) is 17.0 Å². The molecule has 0 aromatic heterocycles. The van der Waals surface area contributed by atoms with Crippen LogP contribution in [0.2, 0.25) is 0 Å². The number of β-amino-alcohol motifs (C(OH)–C–C–N with tert-alkyl or cyclic N) is 1. The third-order valence-corrected chi connectivity index (χ3v) is 5.35. The Morgan fingerprint density at radius 2 is 2.08 bits per heavy atom. The largest absolute Gasteiger partial charge is 0.497 e. The second kappa shape index (κ2) is 7.99. The Morgan fingerprint density at radius 3 is 2.79 bits per heavy atom. The van der Waals surface area contributed by atoms with Gasteiger partial charge in [-0.15, -0.1) is 0 Å². The average Bonchev–Trinajstić information content (AvgIpc) is 2.62. The van der Waals surface area contributed by atoms with E-state index in [1.807, 2.05) is 11.0 Å². The monoisotopic (exact) mass is 332 g/mol. The van der Waals surface area contributed by atoms with E-state index in [-0.39, 0.29) is 12.5 Å². The van der Waals surface area contributed by atoms with Crippen molar-refractivity contribution in [2.75, 3.05) is 46.4 Å². The molecule has 24 heavy (non-hydrogen) atoms. The maximum absolute atomic E-state index is 12.7. The number of aliphatic hydroxyl groups excluding tert-OH is 1. The predicted molar refractivity (Wildman–Crippen MR) is 93.4 cm³/mol. The first-order chi connectivity index (χ1) is 11.7. The van der Waals surface area contributed by atoms with Gasteiger partial charge >= 0.3 is 0 Å². The number of rotatable bonds is 5. The van der Waals surface area contributed by atoms with Crippen molar-refractivity contribution in [3.8, 4) is 5.75 Å². The lowest BCUT2D eigenvalue weighted by molar-refractivity contribution is -0.133. The van der Waals surface area contributed by atoms with Crippen molar-refractivity contribution < 1.29 is 14.6 Å². The number of methoxy groups -OCH3 is 1. The van der Waals surface area contributed by atoms with Gasteiger partial charge in [0.05, 0.1) is 13.7 Å². The van der Waals surface area contributed by atoms with Crippen molar-refractivity contribution in [1.29, 1.82) is 0 Å². The summed E-state index contributed by atoms with van der Waals surface area (Å²) < 4.78 is 5.32. The number of carbonyl (C=O) groups is 1. The summed E-state index contributed by atoms with van der Waals surface area (Å²) in [6, 6.07) is 6.28. The maximum Gasteiger partial charge on any atom is 0.223 e. The first-order valence-corrected chi connectivity index (χ1v) is 8.99. The zero-order valence-electron chi connectivity index (χ0n) is 14.5. The van der Waals surface area contributed by atoms with Crippen molar-refractivity contribution in [2.45, 2.75) is 31.6 Å². The molecule has 2 aliphatic rings. The highest BCUT2D eigenvalue weighted by molar-refractivity contribution is 5.77. The summed E-state index contributed by atoms with van der Waals surface area (Å²) in [5.74, 6) is 1.51. The van der Waals surface area contributed by atoms with Gasteiger partial charge < -0.3 is 14.7 Å². The molecule has 3 rings (SSSR count). The zero-order chi connectivity index (χ0) is 16.9. The molecule has 0 saturated carbocycles. The van der Waals surface area contributed by atoms with Crippen LogP contribution in [0.1, 0.15) is 36.3 Å². The van der Waals surface area contributed by atoms with E-state index in [0.29, 0.717) is 18.9 Å². The number of amides is 1. The molecule has 1 amide bonds. The summed E-state index contributed by atoms with van der Waals surface area (Å²) in [5, 5.41) is 9.01. The van der Waals surface area contributed by atoms with E-state index in [9.17, 15) is 4.79 Å². The number of ether oxygens (including phenoxy) is 1. The van der Waals surface area contributed by atoms with Gasteiger partial charge in [0.2, 0.25) is 5.91 Å². The van der Waals surface area contributed by atoms with E-state index >= 15 is 0 Å². The average molecular weight is 332 g/mol. The molecule has 1 aliphatic heterocycles. The standard InChI is InChI=1S/C19H28N2O3/c1-24-17-5-6-18-15(13-17)3-2-4-16(18)14-19(23)21-9-7-20(8-10-21)11-12-22/h5-6,13,16,22H,2-4,7-12,14H2,1H3/t16-/m0/s1. The third kappa shape index (κ3) is 3.90. The molecule has 5 nitrogen and oxygen atoms in total. The number of benzene rings is 1. The third-order valence-electron chi connectivity index (χ3n) is 5.35. The molecule has 1 aromatic rings. The lowest BCUT2D eigenvalue weighted by Crippen LogP contribution is -2.49. The van der Waals surface area contributed by atoms with Gasteiger partial charge in [-0.25, -0.2) is 0 Å². The number of aliphatic hydroxyl groups is 1. The van der Waals surface area contributed by atoms with Crippen LogP contribution >= 0.6 is 0 Å². The Hall–Kier alpha value is -1.59. The Kier molecular flexibility index (Phi) is 5.74. The number of hydrogen-bond acceptors (Lipinski definition) is 4. The number of carbonyl (C=O) groups excluding carboxylic acids is 1. The second-order valence-electron chi connectivity index (χ2n) is 6.80. The van der Waals surface area contributed by atoms with Crippen molar-refractivity contribution in [1.82, 2.24) is 9.80 Å². The smallest absolute Gasteiger partial charge is 0.223 e. The van der Waals surface area contributed by atoms with Crippen LogP contribution in [0.3, 0.4) is 0 Å². The summed E-state index contributed by atoms with van der Waals surface area (Å²) in [6.45, 7) is 4.19. The summed E-state index contributed by atoms with van der Waals surface area (Å²) in [6.07, 6.45) is 3.92. The number of piperazine rings is 1. The Labute approximate surface area is 144 Å². The fourth-order valence-corrected chi connectivity index (χ4v) is 3.93. The highest BCUT2D eigenvalue weighted by Gasteiger charge is 2.27. The summed E-state index contributed by atoms with van der Waals surface area (Å²) in [4.78, 5) is 16.9. The molecule has 1 saturated heterocycles. The van der Waals surface area contributed by atoms with Crippen LogP contribution in [0.15, 0.2) is 18.2 Å². The Morgan fingerprint density at radius 1 is 1.29 bits per heavy atom. The summed E-state index contributed by atoms with van der Waals surface area (Å²) in [7, 11) is 1.70. The van der Waals surface area contributed by atoms with E-state index in [4.69, 9.17) is 9.84 Å². The molecule has 0 bridgehead atoms. The van der Waals surface area contributed by atoms with Crippen LogP contribution in [0, 0.1) is 0 Å². The van der Waals surface area contributed by atoms with Gasteiger partial charge in [0.25, 0.3) is 0 Å². The van der Waals surface area contributed by atoms with Crippen molar-refractivity contribution in [3.63, 3.8) is 0 Å². The molecule has 0 radical (unpaired) electrons. The van der Waals surface area contributed by atoms with E-state index in [1.165, 1.54) is 11.1 Å². The Balaban J connectivity index is 1.60. The first kappa shape index (κ1) is 17.2. The minimum Gasteiger partial charge on any atom is -0.497 e. The molecular weight excluding hydrogens is 304 g/mol. The van der Waals surface area contributed by atoms with Crippen LogP contribution in [0.25, 0.3) is 0 Å². The SMILES string of the molecule is COc1ccc2c(c1)CCC[C@H]2CC(=O)N1CCN(CCO)CC1. The van der Waals surface area contributed by atoms with Crippen LogP contribution in [0.5, 0.6) is 5.75 Å². The molecule has 132 valence electrons. The van der Waals surface area contributed by atoms with Crippen LogP contribution in [0.4, 0.5) is 0 Å². The number of fused-ring (bicyclic) bond motifs is 1. The molecular formula is C19H28N2O3. The highest BCUT2D eigenvalue weighted by atomic mass is 16.5. The molecule has 1 aliphatic carbocycles. The molecule has 0 unspecified atom stereocenters. The van der Waals surface area contributed by atoms with Gasteiger partial charge in [0.15, 0.2) is 0 Å². The topological polar surface area (TPSA) is 53.0 Å². The fourth-order valence-electron chi connectivity index (χ4n) is 3.93. The maximum atomic E-state index is 12.7. The normalized spacial score (nSPS) is 21.4. The van der Waals surface area contributed by atoms with Gasteiger partial charge in [-0.05, 0) is 48.4 Å². The van der Waals surface area contributed by atoms with Gasteiger partial charge in [-0.3, -0.25) is 9.69 Å². The molecule has 1 fully saturated rings. The number of hydrogen-bond donors (Lipinski definition) is 1. The molecule has 5 heteroatoms. The molecule has 0 spiro atoms. The van der Waals surface area contributed by atoms with Gasteiger partial charge in [0, 0.05) is 39.1 Å². The number of aryl methyl sites for hydroxylation is 1. The molecule has 1 N–H and O–H groups in total. The minimum atomic E-state index is 0.191. The first-order valence-electron chi connectivity index (χ1n) is 8.99. The summed E-state index contributed by atoms with van der Waals surface area (Å²) >= 11 is 0. The van der Waals surface area contributed by atoms with Crippen molar-refractivity contribution in [2.24, 2.45) is 0 Å². The van der Waals surface area contributed by atoms with Crippen LogP contribution < -0.4 is 4.74 Å². The minimum absolute atomic E-state index is 0.191. The molecule has 1 heterocycles. The molecule has 1 atom stereocenters. The Bertz CT molecular complexity index is 568. The van der Waals surface area contributed by atoms with E-state index in [1.54, 1.807) is 7.11 Å². The molecule has 1 aromatic carbocycles. The van der Waals surface area contributed by atoms with Gasteiger partial charge in [0.1, 0.15) is 5.75 Å². The fraction of sp³-hybridized carbons (Fsp3) is 0.632. The van der Waals surface area contributed by atoms with Crippen LogP contribution in [-0.2, 0) is 11.2 Å². The van der Waals surface area contributed by atoms with Gasteiger partial charge in [-0.2, -0.15) is 0 Å². The second-order valence-corrected chi connectivity index (χ2v) is 6.80. The van der Waals surface area contributed by atoms with E-state index in [0.717, 1.165) is 51.2 Å². The quantitative estimate of drug-likeness (QED) is 0.891. The lowest BCUT2D eigenvalue weighted by Gasteiger charge is -2.35.